The first kappa shape index (κ1) is 22.5. The fourth-order valence-corrected chi connectivity index (χ4v) is 7.04. The Morgan fingerprint density at radius 2 is 1.88 bits per heavy atom. The highest BCUT2D eigenvalue weighted by molar-refractivity contribution is 6.13. The Bertz CT molecular complexity index is 1010. The van der Waals surface area contributed by atoms with Crippen LogP contribution < -0.4 is 5.32 Å². The number of fused-ring (bicyclic) bond motifs is 2. The molecule has 1 amide bonds. The number of epoxide rings is 1. The second kappa shape index (κ2) is 7.64. The lowest BCUT2D eigenvalue weighted by atomic mass is 9.51. The summed E-state index contributed by atoms with van der Waals surface area (Å²) in [5.74, 6) is -0.663. The Kier molecular flexibility index (Phi) is 5.22. The van der Waals surface area contributed by atoms with Crippen molar-refractivity contribution in [3.05, 3.63) is 60.2 Å². The van der Waals surface area contributed by atoms with Gasteiger partial charge >= 0.3 is 0 Å². The third-order valence-electron chi connectivity index (χ3n) is 8.78. The van der Waals surface area contributed by atoms with E-state index in [1.165, 1.54) is 6.08 Å². The van der Waals surface area contributed by atoms with Gasteiger partial charge in [-0.1, -0.05) is 56.3 Å². The third-order valence-corrected chi connectivity index (χ3v) is 8.78. The van der Waals surface area contributed by atoms with E-state index in [2.05, 4.69) is 50.4 Å². The average molecular weight is 450 g/mol. The number of ketones is 1. The smallest absolute Gasteiger partial charge is 0.235 e. The summed E-state index contributed by atoms with van der Waals surface area (Å²) in [6, 6.07) is 9.97. The first-order chi connectivity index (χ1) is 15.6. The number of rotatable bonds is 2. The third kappa shape index (κ3) is 3.43. The van der Waals surface area contributed by atoms with Gasteiger partial charge in [0.25, 0.3) is 0 Å². The van der Waals surface area contributed by atoms with E-state index in [-0.39, 0.29) is 53.1 Å². The molecule has 5 rings (SSSR count). The molecule has 0 aromatic heterocycles. The SMILES string of the molecule is C[C@@H]1CC=C[C@@H]2[C@H]3O[C@@]3(C)[C@H](C)[C@@H]3[C@@H](Cc4ccccc4)NC(=O)[C@@]32C(=O)C=C[C@](C)(O)C1. The van der Waals surface area contributed by atoms with Gasteiger partial charge in [-0.15, -0.1) is 0 Å². The molecule has 4 aliphatic rings. The number of ether oxygens (including phenoxy) is 1. The molecule has 9 atom stereocenters. The van der Waals surface area contributed by atoms with Crippen molar-refractivity contribution < 1.29 is 19.4 Å². The second-order valence-electron chi connectivity index (χ2n) is 11.2. The summed E-state index contributed by atoms with van der Waals surface area (Å²) in [6.45, 7) is 8.09. The van der Waals surface area contributed by atoms with Crippen molar-refractivity contribution in [1.82, 2.24) is 5.32 Å². The molecule has 5 heteroatoms. The van der Waals surface area contributed by atoms with Gasteiger partial charge in [-0.3, -0.25) is 9.59 Å². The van der Waals surface area contributed by atoms with Crippen LogP contribution in [0.15, 0.2) is 54.6 Å². The predicted molar refractivity (Wildman–Crippen MR) is 126 cm³/mol. The van der Waals surface area contributed by atoms with Crippen molar-refractivity contribution in [2.45, 2.75) is 70.3 Å². The molecule has 1 aromatic rings. The van der Waals surface area contributed by atoms with Crippen LogP contribution in [0.25, 0.3) is 0 Å². The maximum atomic E-state index is 14.0. The normalized spacial score (nSPS) is 46.6. The highest BCUT2D eigenvalue weighted by Crippen LogP contribution is 2.66. The molecule has 2 aliphatic heterocycles. The number of hydrogen-bond donors (Lipinski definition) is 2. The van der Waals surface area contributed by atoms with Crippen LogP contribution in [-0.2, 0) is 20.7 Å². The Morgan fingerprint density at radius 3 is 2.61 bits per heavy atom. The first-order valence-corrected chi connectivity index (χ1v) is 12.2. The standard InChI is InChI=1S/C28H35NO4/c1-17-9-8-12-20-24-27(4,33-24)18(2)23-21(15-19-10-6-5-7-11-19)29-25(31)28(20,23)22(30)13-14-26(3,32)16-17/h5-8,10-14,17-18,20-21,23-24,32H,9,15-16H2,1-4H3,(H,29,31)/t17-,18-,20-,21-,23-,24-,26+,27+,28+/m1/s1. The van der Waals surface area contributed by atoms with Gasteiger partial charge in [0.15, 0.2) is 5.78 Å². The van der Waals surface area contributed by atoms with Crippen molar-refractivity contribution in [3.8, 4) is 0 Å². The molecule has 0 radical (unpaired) electrons. The van der Waals surface area contributed by atoms with Gasteiger partial charge < -0.3 is 15.2 Å². The molecule has 1 aromatic carbocycles. The summed E-state index contributed by atoms with van der Waals surface area (Å²) in [5.41, 5.74) is -1.53. The molecule has 2 N–H and O–H groups in total. The van der Waals surface area contributed by atoms with Crippen LogP contribution in [-0.4, -0.2) is 40.1 Å². The van der Waals surface area contributed by atoms with Crippen molar-refractivity contribution >= 4 is 11.7 Å². The molecule has 3 fully saturated rings. The fraction of sp³-hybridized carbons (Fsp3) is 0.571. The molecule has 2 aliphatic carbocycles. The largest absolute Gasteiger partial charge is 0.386 e. The minimum Gasteiger partial charge on any atom is -0.386 e. The number of nitrogens with one attached hydrogen (secondary N) is 1. The van der Waals surface area contributed by atoms with Crippen LogP contribution in [0.4, 0.5) is 0 Å². The molecule has 1 saturated carbocycles. The number of amides is 1. The van der Waals surface area contributed by atoms with E-state index in [1.54, 1.807) is 13.0 Å². The molecule has 2 heterocycles. The van der Waals surface area contributed by atoms with Crippen molar-refractivity contribution in [3.63, 3.8) is 0 Å². The maximum absolute atomic E-state index is 14.0. The Morgan fingerprint density at radius 1 is 1.15 bits per heavy atom. The average Bonchev–Trinajstić information content (AvgIpc) is 3.37. The summed E-state index contributed by atoms with van der Waals surface area (Å²) in [5, 5.41) is 14.1. The van der Waals surface area contributed by atoms with Crippen LogP contribution in [0, 0.1) is 29.1 Å². The van der Waals surface area contributed by atoms with Crippen molar-refractivity contribution in [2.75, 3.05) is 0 Å². The first-order valence-electron chi connectivity index (χ1n) is 12.2. The Balaban J connectivity index is 1.63. The molecule has 2 saturated heterocycles. The Hall–Kier alpha value is -2.24. The minimum absolute atomic E-state index is 0.0294. The van der Waals surface area contributed by atoms with E-state index in [9.17, 15) is 14.7 Å². The van der Waals surface area contributed by atoms with E-state index >= 15 is 0 Å². The lowest BCUT2D eigenvalue weighted by molar-refractivity contribution is -0.145. The maximum Gasteiger partial charge on any atom is 0.235 e. The van der Waals surface area contributed by atoms with Crippen LogP contribution >= 0.6 is 0 Å². The van der Waals surface area contributed by atoms with E-state index in [0.29, 0.717) is 12.8 Å². The monoisotopic (exact) mass is 449 g/mol. The second-order valence-corrected chi connectivity index (χ2v) is 11.2. The summed E-state index contributed by atoms with van der Waals surface area (Å²) in [6.07, 6.45) is 9.10. The number of carbonyl (C=O) groups is 2. The lowest BCUT2D eigenvalue weighted by Gasteiger charge is -2.45. The molecular formula is C28H35NO4. The van der Waals surface area contributed by atoms with Crippen LogP contribution in [0.5, 0.6) is 0 Å². The van der Waals surface area contributed by atoms with Crippen molar-refractivity contribution in [1.29, 1.82) is 0 Å². The van der Waals surface area contributed by atoms with E-state index in [0.717, 1.165) is 12.0 Å². The summed E-state index contributed by atoms with van der Waals surface area (Å²) in [7, 11) is 0. The molecule has 0 unspecified atom stereocenters. The van der Waals surface area contributed by atoms with Crippen LogP contribution in [0.2, 0.25) is 0 Å². The van der Waals surface area contributed by atoms with E-state index in [1.807, 2.05) is 18.2 Å². The van der Waals surface area contributed by atoms with Crippen molar-refractivity contribution in [2.24, 2.45) is 29.1 Å². The zero-order chi connectivity index (χ0) is 23.6. The number of hydrogen-bond acceptors (Lipinski definition) is 4. The number of aliphatic hydroxyl groups is 1. The van der Waals surface area contributed by atoms with Gasteiger partial charge in [-0.25, -0.2) is 0 Å². The summed E-state index contributed by atoms with van der Waals surface area (Å²) in [4.78, 5) is 27.9. The lowest BCUT2D eigenvalue weighted by Crippen LogP contribution is -2.58. The predicted octanol–water partition coefficient (Wildman–Crippen LogP) is 3.62. The number of benzene rings is 1. The molecule has 5 nitrogen and oxygen atoms in total. The van der Waals surface area contributed by atoms with E-state index < -0.39 is 11.0 Å². The fourth-order valence-electron chi connectivity index (χ4n) is 7.04. The van der Waals surface area contributed by atoms with E-state index in [4.69, 9.17) is 4.74 Å². The van der Waals surface area contributed by atoms with Gasteiger partial charge in [0.05, 0.1) is 17.3 Å². The summed E-state index contributed by atoms with van der Waals surface area (Å²) < 4.78 is 6.28. The quantitative estimate of drug-likeness (QED) is 0.411. The highest BCUT2D eigenvalue weighted by Gasteiger charge is 2.78. The zero-order valence-electron chi connectivity index (χ0n) is 20.0. The molecule has 176 valence electrons. The Labute approximate surface area is 196 Å². The molecule has 1 spiro atoms. The number of allylic oxidation sites excluding steroid dienone is 2. The highest BCUT2D eigenvalue weighted by atomic mass is 16.6. The molecular weight excluding hydrogens is 414 g/mol. The number of carbonyl (C=O) groups excluding carboxylic acids is 2. The van der Waals surface area contributed by atoms with Gasteiger partial charge in [0, 0.05) is 17.9 Å². The van der Waals surface area contributed by atoms with Gasteiger partial charge in [-0.05, 0) is 62.7 Å². The van der Waals surface area contributed by atoms with Gasteiger partial charge in [0.1, 0.15) is 5.41 Å². The van der Waals surface area contributed by atoms with Crippen LogP contribution in [0.3, 0.4) is 0 Å². The van der Waals surface area contributed by atoms with Gasteiger partial charge in [-0.2, -0.15) is 0 Å². The summed E-state index contributed by atoms with van der Waals surface area (Å²) >= 11 is 0. The molecule has 33 heavy (non-hydrogen) atoms. The topological polar surface area (TPSA) is 78.9 Å². The molecule has 0 bridgehead atoms. The van der Waals surface area contributed by atoms with Gasteiger partial charge in [0.2, 0.25) is 5.91 Å². The zero-order valence-corrected chi connectivity index (χ0v) is 20.0. The minimum atomic E-state index is -1.23. The van der Waals surface area contributed by atoms with Crippen LogP contribution in [0.1, 0.15) is 46.1 Å².